The van der Waals surface area contributed by atoms with Gasteiger partial charge in [0.2, 0.25) is 10.0 Å². The molecule has 8 heteroatoms. The molecule has 0 amide bonds. The summed E-state index contributed by atoms with van der Waals surface area (Å²) in [4.78, 5) is 11.0. The third kappa shape index (κ3) is 2.61. The monoisotopic (exact) mass is 331 g/mol. The average molecular weight is 331 g/mol. The normalized spacial score (nSPS) is 27.2. The van der Waals surface area contributed by atoms with E-state index < -0.39 is 16.0 Å². The van der Waals surface area contributed by atoms with Crippen molar-refractivity contribution in [3.05, 3.63) is 16.3 Å². The largest absolute Gasteiger partial charge is 0.477 e. The van der Waals surface area contributed by atoms with Crippen molar-refractivity contribution in [1.29, 1.82) is 0 Å². The lowest BCUT2D eigenvalue weighted by Crippen LogP contribution is -2.54. The van der Waals surface area contributed by atoms with Gasteiger partial charge in [0, 0.05) is 6.54 Å². The van der Waals surface area contributed by atoms with E-state index in [9.17, 15) is 13.2 Å². The van der Waals surface area contributed by atoms with Crippen molar-refractivity contribution in [1.82, 2.24) is 4.31 Å². The Morgan fingerprint density at radius 2 is 2.14 bits per heavy atom. The molecular formula is C13H17NO5S2. The van der Waals surface area contributed by atoms with Crippen LogP contribution in [0.2, 0.25) is 0 Å². The predicted octanol–water partition coefficient (Wildman–Crippen LogP) is 1.78. The van der Waals surface area contributed by atoms with Gasteiger partial charge in [-0.05, 0) is 24.3 Å². The molecule has 2 unspecified atom stereocenters. The molecule has 2 atom stereocenters. The Hall–Kier alpha value is -0.960. The Morgan fingerprint density at radius 1 is 1.38 bits per heavy atom. The van der Waals surface area contributed by atoms with Gasteiger partial charge in [0.15, 0.2) is 0 Å². The van der Waals surface area contributed by atoms with Crippen LogP contribution >= 0.6 is 11.3 Å². The highest BCUT2D eigenvalue weighted by atomic mass is 32.2. The van der Waals surface area contributed by atoms with Crippen LogP contribution in [0.3, 0.4) is 0 Å². The number of aromatic carboxylic acids is 1. The summed E-state index contributed by atoms with van der Waals surface area (Å²) in [6.45, 7) is 0.658. The number of morpholine rings is 1. The first-order valence-corrected chi connectivity index (χ1v) is 9.28. The molecule has 0 aromatic carbocycles. The topological polar surface area (TPSA) is 83.9 Å². The van der Waals surface area contributed by atoms with Crippen molar-refractivity contribution in [3.8, 4) is 0 Å². The number of sulfonamides is 1. The van der Waals surface area contributed by atoms with Gasteiger partial charge in [0.05, 0.1) is 18.8 Å². The van der Waals surface area contributed by atoms with Crippen LogP contribution in [0, 0.1) is 0 Å². The Bertz CT molecular complexity index is 637. The van der Waals surface area contributed by atoms with Crippen LogP contribution in [0.5, 0.6) is 0 Å². The molecule has 116 valence electrons. The van der Waals surface area contributed by atoms with Crippen molar-refractivity contribution in [2.45, 2.75) is 42.7 Å². The Kier molecular flexibility index (Phi) is 4.04. The van der Waals surface area contributed by atoms with Crippen LogP contribution in [-0.4, -0.2) is 49.1 Å². The molecule has 21 heavy (non-hydrogen) atoms. The molecule has 0 radical (unpaired) electrons. The summed E-state index contributed by atoms with van der Waals surface area (Å²) in [7, 11) is -3.78. The number of fused-ring (bicyclic) bond motifs is 1. The second kappa shape index (κ2) is 5.68. The maximum atomic E-state index is 12.8. The minimum atomic E-state index is -3.78. The smallest absolute Gasteiger partial charge is 0.347 e. The van der Waals surface area contributed by atoms with Gasteiger partial charge in [-0.3, -0.25) is 0 Å². The first kappa shape index (κ1) is 15.0. The summed E-state index contributed by atoms with van der Waals surface area (Å²) in [5.74, 6) is -1.20. The minimum Gasteiger partial charge on any atom is -0.477 e. The van der Waals surface area contributed by atoms with Crippen LogP contribution < -0.4 is 0 Å². The lowest BCUT2D eigenvalue weighted by atomic mass is 9.91. The third-order valence-corrected chi connectivity index (χ3v) is 7.09. The molecule has 1 aliphatic heterocycles. The molecule has 6 nitrogen and oxygen atoms in total. The van der Waals surface area contributed by atoms with E-state index in [0.29, 0.717) is 13.2 Å². The van der Waals surface area contributed by atoms with Crippen molar-refractivity contribution in [3.63, 3.8) is 0 Å². The molecule has 1 N–H and O–H groups in total. The van der Waals surface area contributed by atoms with Crippen LogP contribution in [-0.2, 0) is 14.8 Å². The van der Waals surface area contributed by atoms with E-state index >= 15 is 0 Å². The van der Waals surface area contributed by atoms with Crippen LogP contribution in [0.25, 0.3) is 0 Å². The predicted molar refractivity (Wildman–Crippen MR) is 77.2 cm³/mol. The molecule has 1 aromatic rings. The highest BCUT2D eigenvalue weighted by Gasteiger charge is 2.42. The van der Waals surface area contributed by atoms with Crippen LogP contribution in [0.4, 0.5) is 0 Å². The summed E-state index contributed by atoms with van der Waals surface area (Å²) in [5.41, 5.74) is 0. The zero-order valence-corrected chi connectivity index (χ0v) is 13.0. The fourth-order valence-electron chi connectivity index (χ4n) is 3.14. The third-order valence-electron chi connectivity index (χ3n) is 4.09. The number of ether oxygens (including phenoxy) is 1. The van der Waals surface area contributed by atoms with E-state index in [4.69, 9.17) is 9.84 Å². The van der Waals surface area contributed by atoms with Gasteiger partial charge in [-0.1, -0.05) is 12.8 Å². The van der Waals surface area contributed by atoms with E-state index in [1.165, 1.54) is 15.8 Å². The molecule has 1 aromatic heterocycles. The van der Waals surface area contributed by atoms with Gasteiger partial charge in [-0.2, -0.15) is 4.31 Å². The number of hydrogen-bond acceptors (Lipinski definition) is 5. The van der Waals surface area contributed by atoms with Gasteiger partial charge < -0.3 is 9.84 Å². The van der Waals surface area contributed by atoms with Gasteiger partial charge in [0.25, 0.3) is 0 Å². The zero-order chi connectivity index (χ0) is 15.0. The Balaban J connectivity index is 1.97. The fraction of sp³-hybridized carbons (Fsp3) is 0.615. The number of rotatable bonds is 3. The summed E-state index contributed by atoms with van der Waals surface area (Å²) in [5, 5.41) is 10.7. The second-order valence-corrected chi connectivity index (χ2v) is 8.07. The van der Waals surface area contributed by atoms with Crippen molar-refractivity contribution < 1.29 is 23.1 Å². The number of thiophene rings is 1. The number of carboxylic acids is 1. The molecule has 3 rings (SSSR count). The minimum absolute atomic E-state index is 0.0609. The Morgan fingerprint density at radius 3 is 2.90 bits per heavy atom. The molecule has 0 spiro atoms. The maximum absolute atomic E-state index is 12.8. The second-order valence-electron chi connectivity index (χ2n) is 5.30. The van der Waals surface area contributed by atoms with Gasteiger partial charge >= 0.3 is 5.97 Å². The van der Waals surface area contributed by atoms with Gasteiger partial charge in [-0.25, -0.2) is 13.2 Å². The molecule has 1 saturated heterocycles. The van der Waals surface area contributed by atoms with Crippen molar-refractivity contribution in [2.24, 2.45) is 0 Å². The zero-order valence-electron chi connectivity index (χ0n) is 11.4. The molecule has 2 heterocycles. The summed E-state index contributed by atoms with van der Waals surface area (Å²) < 4.78 is 32.8. The summed E-state index contributed by atoms with van der Waals surface area (Å²) >= 11 is 0.941. The summed E-state index contributed by atoms with van der Waals surface area (Å²) in [6, 6.07) is 1.22. The summed E-state index contributed by atoms with van der Waals surface area (Å²) in [6.07, 6.45) is 3.61. The van der Waals surface area contributed by atoms with Gasteiger partial charge in [0.1, 0.15) is 9.77 Å². The van der Waals surface area contributed by atoms with Gasteiger partial charge in [-0.15, -0.1) is 11.3 Å². The van der Waals surface area contributed by atoms with Crippen LogP contribution in [0.1, 0.15) is 35.4 Å². The van der Waals surface area contributed by atoms with Crippen LogP contribution in [0.15, 0.2) is 16.3 Å². The first-order valence-electron chi connectivity index (χ1n) is 6.96. The highest BCUT2D eigenvalue weighted by molar-refractivity contribution is 7.89. The number of carboxylic acid groups (broad SMARTS) is 1. The SMILES string of the molecule is O=C(O)c1sccc1S(=O)(=O)N1CCOC2CCCCC21. The quantitative estimate of drug-likeness (QED) is 0.913. The standard InChI is InChI=1S/C13H17NO5S2/c15-13(16)12-11(5-8-20-12)21(17,18)14-6-7-19-10-4-2-1-3-9(10)14/h5,8-10H,1-4,6-7H2,(H,15,16). The molecule has 0 bridgehead atoms. The average Bonchev–Trinajstić information content (AvgIpc) is 2.97. The molecular weight excluding hydrogens is 314 g/mol. The Labute approximate surface area is 127 Å². The van der Waals surface area contributed by atoms with E-state index in [0.717, 1.165) is 37.0 Å². The van der Waals surface area contributed by atoms with E-state index in [2.05, 4.69) is 0 Å². The molecule has 2 aliphatic rings. The maximum Gasteiger partial charge on any atom is 0.347 e. The lowest BCUT2D eigenvalue weighted by Gasteiger charge is -2.42. The van der Waals surface area contributed by atoms with E-state index in [1.54, 1.807) is 0 Å². The first-order chi connectivity index (χ1) is 10.0. The van der Waals surface area contributed by atoms with E-state index in [1.807, 2.05) is 0 Å². The fourth-order valence-corrected chi connectivity index (χ4v) is 6.04. The highest BCUT2D eigenvalue weighted by Crippen LogP contribution is 2.34. The molecule has 2 fully saturated rings. The molecule has 1 aliphatic carbocycles. The van der Waals surface area contributed by atoms with Crippen molar-refractivity contribution in [2.75, 3.05) is 13.2 Å². The van der Waals surface area contributed by atoms with Crippen molar-refractivity contribution >= 4 is 27.3 Å². The van der Waals surface area contributed by atoms with E-state index in [-0.39, 0.29) is 21.9 Å². The number of hydrogen-bond donors (Lipinski definition) is 1. The lowest BCUT2D eigenvalue weighted by molar-refractivity contribution is -0.0586. The number of carbonyl (C=O) groups is 1. The molecule has 1 saturated carbocycles. The number of nitrogens with zero attached hydrogens (tertiary/aromatic N) is 1.